The standard InChI is InChI=1S/C8H18N2S/c1-9-3-5-10-4-2-7-11-8-6-10/h9H,2-8H2,1H3. The first kappa shape index (κ1) is 9.36. The maximum atomic E-state index is 3.19. The van der Waals surface area contributed by atoms with Gasteiger partial charge in [0.2, 0.25) is 0 Å². The second-order valence-electron chi connectivity index (χ2n) is 2.91. The van der Waals surface area contributed by atoms with Crippen LogP contribution in [0.3, 0.4) is 0 Å². The summed E-state index contributed by atoms with van der Waals surface area (Å²) in [5, 5.41) is 3.19. The predicted octanol–water partition coefficient (Wildman–Crippen LogP) is 0.645. The Hall–Kier alpha value is 0.270. The molecule has 0 aromatic carbocycles. The molecule has 0 aromatic rings. The van der Waals surface area contributed by atoms with Crippen molar-refractivity contribution in [2.75, 3.05) is 44.7 Å². The lowest BCUT2D eigenvalue weighted by atomic mass is 10.4. The molecule has 1 aliphatic heterocycles. The zero-order chi connectivity index (χ0) is 7.94. The van der Waals surface area contributed by atoms with Gasteiger partial charge in [-0.05, 0) is 25.8 Å². The summed E-state index contributed by atoms with van der Waals surface area (Å²) >= 11 is 2.09. The average molecular weight is 174 g/mol. The minimum Gasteiger partial charge on any atom is -0.318 e. The summed E-state index contributed by atoms with van der Waals surface area (Å²) < 4.78 is 0. The van der Waals surface area contributed by atoms with E-state index in [1.165, 1.54) is 37.6 Å². The molecule has 0 aromatic heterocycles. The predicted molar refractivity (Wildman–Crippen MR) is 52.3 cm³/mol. The Morgan fingerprint density at radius 1 is 1.36 bits per heavy atom. The molecule has 2 nitrogen and oxygen atoms in total. The van der Waals surface area contributed by atoms with E-state index in [2.05, 4.69) is 22.0 Å². The topological polar surface area (TPSA) is 15.3 Å². The van der Waals surface area contributed by atoms with Gasteiger partial charge in [0.05, 0.1) is 0 Å². The highest BCUT2D eigenvalue weighted by Crippen LogP contribution is 2.08. The van der Waals surface area contributed by atoms with E-state index < -0.39 is 0 Å². The van der Waals surface area contributed by atoms with Crippen LogP contribution < -0.4 is 5.32 Å². The van der Waals surface area contributed by atoms with Gasteiger partial charge in [-0.15, -0.1) is 0 Å². The van der Waals surface area contributed by atoms with E-state index in [-0.39, 0.29) is 0 Å². The van der Waals surface area contributed by atoms with Gasteiger partial charge in [-0.3, -0.25) is 0 Å². The van der Waals surface area contributed by atoms with Crippen molar-refractivity contribution in [3.8, 4) is 0 Å². The summed E-state index contributed by atoms with van der Waals surface area (Å²) in [5.41, 5.74) is 0. The van der Waals surface area contributed by atoms with Crippen molar-refractivity contribution >= 4 is 11.8 Å². The highest BCUT2D eigenvalue weighted by molar-refractivity contribution is 7.99. The number of thioether (sulfide) groups is 1. The summed E-state index contributed by atoms with van der Waals surface area (Å²) in [4.78, 5) is 2.55. The molecule has 0 atom stereocenters. The Morgan fingerprint density at radius 3 is 3.09 bits per heavy atom. The Bertz CT molecular complexity index is 90.1. The van der Waals surface area contributed by atoms with Gasteiger partial charge in [0.25, 0.3) is 0 Å². The van der Waals surface area contributed by atoms with Crippen LogP contribution in [0.5, 0.6) is 0 Å². The Labute approximate surface area is 73.7 Å². The van der Waals surface area contributed by atoms with Crippen molar-refractivity contribution in [3.05, 3.63) is 0 Å². The van der Waals surface area contributed by atoms with E-state index in [1.807, 2.05) is 7.05 Å². The van der Waals surface area contributed by atoms with Crippen LogP contribution in [-0.2, 0) is 0 Å². The number of nitrogens with one attached hydrogen (secondary N) is 1. The van der Waals surface area contributed by atoms with Crippen LogP contribution in [-0.4, -0.2) is 49.6 Å². The maximum absolute atomic E-state index is 3.19. The highest BCUT2D eigenvalue weighted by atomic mass is 32.2. The zero-order valence-corrected chi connectivity index (χ0v) is 8.12. The number of hydrogen-bond donors (Lipinski definition) is 1. The van der Waals surface area contributed by atoms with E-state index in [9.17, 15) is 0 Å². The second-order valence-corrected chi connectivity index (χ2v) is 4.14. The molecule has 0 unspecified atom stereocenters. The molecule has 0 saturated carbocycles. The zero-order valence-electron chi connectivity index (χ0n) is 7.31. The quantitative estimate of drug-likeness (QED) is 0.676. The van der Waals surface area contributed by atoms with Crippen molar-refractivity contribution in [2.45, 2.75) is 6.42 Å². The fourth-order valence-corrected chi connectivity index (χ4v) is 2.22. The van der Waals surface area contributed by atoms with Crippen LogP contribution in [0.15, 0.2) is 0 Å². The van der Waals surface area contributed by atoms with Gasteiger partial charge >= 0.3 is 0 Å². The molecule has 66 valence electrons. The third kappa shape index (κ3) is 3.99. The fourth-order valence-electron chi connectivity index (χ4n) is 1.29. The number of likely N-dealkylation sites (N-methyl/N-ethyl adjacent to an activating group) is 1. The van der Waals surface area contributed by atoms with Crippen LogP contribution in [0.25, 0.3) is 0 Å². The van der Waals surface area contributed by atoms with E-state index in [4.69, 9.17) is 0 Å². The largest absolute Gasteiger partial charge is 0.318 e. The summed E-state index contributed by atoms with van der Waals surface area (Å²) in [6.07, 6.45) is 1.37. The Morgan fingerprint density at radius 2 is 2.27 bits per heavy atom. The first-order valence-electron chi connectivity index (χ1n) is 4.38. The molecular weight excluding hydrogens is 156 g/mol. The minimum absolute atomic E-state index is 1.13. The number of hydrogen-bond acceptors (Lipinski definition) is 3. The minimum atomic E-state index is 1.13. The second kappa shape index (κ2) is 5.86. The summed E-state index contributed by atoms with van der Waals surface area (Å²) in [6, 6.07) is 0. The molecule has 1 rings (SSSR count). The molecule has 0 aliphatic carbocycles. The third-order valence-corrected chi connectivity index (χ3v) is 3.04. The SMILES string of the molecule is CNCCN1CCCSCC1. The van der Waals surface area contributed by atoms with Gasteiger partial charge in [0, 0.05) is 25.4 Å². The van der Waals surface area contributed by atoms with E-state index in [1.54, 1.807) is 0 Å². The van der Waals surface area contributed by atoms with Gasteiger partial charge in [-0.2, -0.15) is 11.8 Å². The number of nitrogens with zero attached hydrogens (tertiary/aromatic N) is 1. The lowest BCUT2D eigenvalue weighted by Gasteiger charge is -2.18. The average Bonchev–Trinajstić information content (AvgIpc) is 2.28. The van der Waals surface area contributed by atoms with Crippen molar-refractivity contribution in [2.24, 2.45) is 0 Å². The first-order valence-corrected chi connectivity index (χ1v) is 5.53. The molecule has 1 saturated heterocycles. The molecular formula is C8H18N2S. The molecule has 1 aliphatic rings. The highest BCUT2D eigenvalue weighted by Gasteiger charge is 2.07. The van der Waals surface area contributed by atoms with Crippen LogP contribution in [0.4, 0.5) is 0 Å². The smallest absolute Gasteiger partial charge is 0.0107 e. The Balaban J connectivity index is 2.09. The van der Waals surface area contributed by atoms with E-state index in [0.717, 1.165) is 6.54 Å². The van der Waals surface area contributed by atoms with E-state index >= 15 is 0 Å². The van der Waals surface area contributed by atoms with Crippen molar-refractivity contribution in [1.29, 1.82) is 0 Å². The van der Waals surface area contributed by atoms with Gasteiger partial charge in [-0.25, -0.2) is 0 Å². The molecule has 0 amide bonds. The normalized spacial score (nSPS) is 21.5. The van der Waals surface area contributed by atoms with Crippen molar-refractivity contribution in [3.63, 3.8) is 0 Å². The van der Waals surface area contributed by atoms with Gasteiger partial charge in [-0.1, -0.05) is 0 Å². The van der Waals surface area contributed by atoms with Crippen LogP contribution in [0.1, 0.15) is 6.42 Å². The first-order chi connectivity index (χ1) is 5.43. The fraction of sp³-hybridized carbons (Fsp3) is 1.00. The molecule has 0 spiro atoms. The van der Waals surface area contributed by atoms with Gasteiger partial charge < -0.3 is 10.2 Å². The molecule has 0 bridgehead atoms. The third-order valence-electron chi connectivity index (χ3n) is 1.99. The molecule has 1 N–H and O–H groups in total. The maximum Gasteiger partial charge on any atom is 0.0107 e. The van der Waals surface area contributed by atoms with Crippen molar-refractivity contribution in [1.82, 2.24) is 10.2 Å². The van der Waals surface area contributed by atoms with Crippen molar-refractivity contribution < 1.29 is 0 Å². The summed E-state index contributed by atoms with van der Waals surface area (Å²) in [6.45, 7) is 4.93. The monoisotopic (exact) mass is 174 g/mol. The molecule has 3 heteroatoms. The molecule has 1 fully saturated rings. The molecule has 11 heavy (non-hydrogen) atoms. The van der Waals surface area contributed by atoms with E-state index in [0.29, 0.717) is 0 Å². The van der Waals surface area contributed by atoms with Crippen LogP contribution in [0.2, 0.25) is 0 Å². The van der Waals surface area contributed by atoms with Gasteiger partial charge in [0.15, 0.2) is 0 Å². The summed E-state index contributed by atoms with van der Waals surface area (Å²) in [7, 11) is 2.02. The molecule has 1 heterocycles. The lowest BCUT2D eigenvalue weighted by molar-refractivity contribution is 0.297. The molecule has 0 radical (unpaired) electrons. The number of rotatable bonds is 3. The van der Waals surface area contributed by atoms with Gasteiger partial charge in [0.1, 0.15) is 0 Å². The Kier molecular flexibility index (Phi) is 4.99. The van der Waals surface area contributed by atoms with Crippen LogP contribution in [0, 0.1) is 0 Å². The van der Waals surface area contributed by atoms with Crippen LogP contribution >= 0.6 is 11.8 Å². The lowest BCUT2D eigenvalue weighted by Crippen LogP contribution is -2.32. The summed E-state index contributed by atoms with van der Waals surface area (Å²) in [5.74, 6) is 2.68.